The molecule has 3 aromatic rings. The van der Waals surface area contributed by atoms with Gasteiger partial charge in [-0.1, -0.05) is 31.4 Å². The molecule has 3 aromatic heterocycles. The molecule has 1 aliphatic carbocycles. The second kappa shape index (κ2) is 6.02. The summed E-state index contributed by atoms with van der Waals surface area (Å²) in [6.07, 6.45) is 7.21. The third kappa shape index (κ3) is 2.51. The van der Waals surface area contributed by atoms with Gasteiger partial charge in [0, 0.05) is 11.8 Å². The third-order valence-corrected chi connectivity index (χ3v) is 4.85. The summed E-state index contributed by atoms with van der Waals surface area (Å²) in [5.74, 6) is 1.04. The molecule has 0 bridgehead atoms. The van der Waals surface area contributed by atoms with Crippen LogP contribution in [0.1, 0.15) is 44.3 Å². The van der Waals surface area contributed by atoms with Crippen molar-refractivity contribution in [1.29, 1.82) is 0 Å². The summed E-state index contributed by atoms with van der Waals surface area (Å²) in [4.78, 5) is 13.3. The van der Waals surface area contributed by atoms with Gasteiger partial charge in [0.05, 0.1) is 17.1 Å². The van der Waals surface area contributed by atoms with Crippen LogP contribution in [0.3, 0.4) is 0 Å². The number of aromatic nitrogens is 5. The van der Waals surface area contributed by atoms with Crippen molar-refractivity contribution in [2.75, 3.05) is 5.73 Å². The highest BCUT2D eigenvalue weighted by atomic mass is 35.5. The molecule has 0 aromatic carbocycles. The second-order valence-corrected chi connectivity index (χ2v) is 6.57. The minimum Gasteiger partial charge on any atom is -0.383 e. The van der Waals surface area contributed by atoms with E-state index in [1.54, 1.807) is 12.3 Å². The molecule has 0 radical (unpaired) electrons. The molecule has 0 aliphatic heterocycles. The quantitative estimate of drug-likeness (QED) is 0.732. The zero-order valence-corrected chi connectivity index (χ0v) is 14.3. The van der Waals surface area contributed by atoms with E-state index in [4.69, 9.17) is 27.4 Å². The lowest BCUT2D eigenvalue weighted by molar-refractivity contribution is 0.474. The molecule has 0 spiro atoms. The molecule has 1 aliphatic rings. The van der Waals surface area contributed by atoms with E-state index >= 15 is 0 Å². The molecule has 0 unspecified atom stereocenters. The number of nitrogen functional groups attached to an aromatic ring is 1. The van der Waals surface area contributed by atoms with Crippen molar-refractivity contribution in [3.05, 3.63) is 29.2 Å². The summed E-state index contributed by atoms with van der Waals surface area (Å²) in [7, 11) is 0. The largest absolute Gasteiger partial charge is 0.383 e. The van der Waals surface area contributed by atoms with Crippen LogP contribution in [0.2, 0.25) is 5.15 Å². The van der Waals surface area contributed by atoms with Gasteiger partial charge in [0.1, 0.15) is 11.0 Å². The van der Waals surface area contributed by atoms with Crippen LogP contribution in [0.4, 0.5) is 5.82 Å². The first-order valence-electron chi connectivity index (χ1n) is 8.34. The van der Waals surface area contributed by atoms with Crippen molar-refractivity contribution in [2.45, 2.75) is 45.1 Å². The van der Waals surface area contributed by atoms with Crippen LogP contribution in [0.5, 0.6) is 0 Å². The smallest absolute Gasteiger partial charge is 0.164 e. The van der Waals surface area contributed by atoms with E-state index in [1.807, 2.05) is 6.07 Å². The standard InChI is InChI=1S/C17H19ClN6/c1-2-12-14-15(19)21-16(10-7-8-20-13(18)9-10)22-17(14)24(23-12)11-5-3-4-6-11/h7-9,11H,2-6H2,1H3,(H2,19,21,22). The van der Waals surface area contributed by atoms with Crippen LogP contribution in [0, 0.1) is 0 Å². The Labute approximate surface area is 145 Å². The highest BCUT2D eigenvalue weighted by Crippen LogP contribution is 2.34. The van der Waals surface area contributed by atoms with Crippen LogP contribution in [0.25, 0.3) is 22.4 Å². The van der Waals surface area contributed by atoms with Gasteiger partial charge >= 0.3 is 0 Å². The maximum absolute atomic E-state index is 6.27. The van der Waals surface area contributed by atoms with Crippen LogP contribution < -0.4 is 5.73 Å². The van der Waals surface area contributed by atoms with Gasteiger partial charge in [-0.25, -0.2) is 19.6 Å². The predicted molar refractivity (Wildman–Crippen MR) is 94.9 cm³/mol. The number of halogens is 1. The van der Waals surface area contributed by atoms with Crippen molar-refractivity contribution in [2.24, 2.45) is 0 Å². The summed E-state index contributed by atoms with van der Waals surface area (Å²) in [6.45, 7) is 2.08. The Kier molecular flexibility index (Phi) is 3.84. The second-order valence-electron chi connectivity index (χ2n) is 6.18. The molecule has 6 nitrogen and oxygen atoms in total. The predicted octanol–water partition coefficient (Wildman–Crippen LogP) is 3.80. The maximum Gasteiger partial charge on any atom is 0.164 e. The Hall–Kier alpha value is -2.21. The molecule has 4 rings (SSSR count). The number of anilines is 1. The van der Waals surface area contributed by atoms with E-state index in [-0.39, 0.29) is 0 Å². The summed E-state index contributed by atoms with van der Waals surface area (Å²) in [5, 5.41) is 6.09. The molecular formula is C17H19ClN6. The lowest BCUT2D eigenvalue weighted by atomic mass is 10.2. The fourth-order valence-corrected chi connectivity index (χ4v) is 3.63. The summed E-state index contributed by atoms with van der Waals surface area (Å²) in [5.41, 5.74) is 8.87. The van der Waals surface area contributed by atoms with E-state index < -0.39 is 0 Å². The van der Waals surface area contributed by atoms with Gasteiger partial charge < -0.3 is 5.73 Å². The summed E-state index contributed by atoms with van der Waals surface area (Å²) < 4.78 is 2.06. The van der Waals surface area contributed by atoms with E-state index in [0.717, 1.165) is 41.6 Å². The fourth-order valence-electron chi connectivity index (χ4n) is 3.46. The Morgan fingerprint density at radius 1 is 1.29 bits per heavy atom. The number of pyridine rings is 1. The molecule has 124 valence electrons. The highest BCUT2D eigenvalue weighted by molar-refractivity contribution is 6.29. The molecule has 1 saturated carbocycles. The molecular weight excluding hydrogens is 324 g/mol. The molecule has 0 saturated heterocycles. The van der Waals surface area contributed by atoms with Crippen LogP contribution in [0.15, 0.2) is 18.3 Å². The van der Waals surface area contributed by atoms with Crippen LogP contribution >= 0.6 is 11.6 Å². The van der Waals surface area contributed by atoms with Gasteiger partial charge in [0.15, 0.2) is 11.5 Å². The van der Waals surface area contributed by atoms with Crippen LogP contribution in [-0.4, -0.2) is 24.7 Å². The normalized spacial score (nSPS) is 15.4. The van der Waals surface area contributed by atoms with Crippen molar-refractivity contribution >= 4 is 28.5 Å². The SMILES string of the molecule is CCc1nn(C2CCCC2)c2nc(-c3ccnc(Cl)c3)nc(N)c12. The zero-order chi connectivity index (χ0) is 16.7. The first-order chi connectivity index (χ1) is 11.7. The van der Waals surface area contributed by atoms with E-state index in [2.05, 4.69) is 21.6 Å². The minimum absolute atomic E-state index is 0.399. The molecule has 2 N–H and O–H groups in total. The Morgan fingerprint density at radius 3 is 2.79 bits per heavy atom. The highest BCUT2D eigenvalue weighted by Gasteiger charge is 2.24. The molecule has 7 heteroatoms. The third-order valence-electron chi connectivity index (χ3n) is 4.64. The van der Waals surface area contributed by atoms with Gasteiger partial charge in [0.2, 0.25) is 0 Å². The van der Waals surface area contributed by atoms with E-state index in [9.17, 15) is 0 Å². The van der Waals surface area contributed by atoms with Gasteiger partial charge in [0.25, 0.3) is 0 Å². The average Bonchev–Trinajstić information content (AvgIpc) is 3.22. The number of rotatable bonds is 3. The van der Waals surface area contributed by atoms with Gasteiger partial charge in [-0.2, -0.15) is 5.10 Å². The number of fused-ring (bicyclic) bond motifs is 1. The molecule has 0 atom stereocenters. The summed E-state index contributed by atoms with van der Waals surface area (Å²) in [6, 6.07) is 3.99. The van der Waals surface area contributed by atoms with Gasteiger partial charge in [-0.05, 0) is 31.4 Å². The molecule has 24 heavy (non-hydrogen) atoms. The average molecular weight is 343 g/mol. The summed E-state index contributed by atoms with van der Waals surface area (Å²) >= 11 is 6.00. The van der Waals surface area contributed by atoms with E-state index in [0.29, 0.717) is 22.8 Å². The first kappa shape index (κ1) is 15.3. The van der Waals surface area contributed by atoms with Crippen molar-refractivity contribution in [3.8, 4) is 11.4 Å². The number of hydrogen-bond acceptors (Lipinski definition) is 5. The molecule has 1 fully saturated rings. The van der Waals surface area contributed by atoms with Crippen LogP contribution in [-0.2, 0) is 6.42 Å². The lowest BCUT2D eigenvalue weighted by Gasteiger charge is -2.11. The topological polar surface area (TPSA) is 82.5 Å². The number of nitrogens with two attached hydrogens (primary N) is 1. The molecule has 3 heterocycles. The zero-order valence-electron chi connectivity index (χ0n) is 13.5. The van der Waals surface area contributed by atoms with Crippen molar-refractivity contribution in [3.63, 3.8) is 0 Å². The molecule has 0 amide bonds. The number of hydrogen-bond donors (Lipinski definition) is 1. The van der Waals surface area contributed by atoms with Crippen molar-refractivity contribution < 1.29 is 0 Å². The number of nitrogens with zero attached hydrogens (tertiary/aromatic N) is 5. The maximum atomic E-state index is 6.27. The number of aryl methyl sites for hydroxylation is 1. The Bertz CT molecular complexity index is 897. The Balaban J connectivity index is 1.94. The van der Waals surface area contributed by atoms with Crippen molar-refractivity contribution in [1.82, 2.24) is 24.7 Å². The van der Waals surface area contributed by atoms with Gasteiger partial charge in [-0.3, -0.25) is 0 Å². The first-order valence-corrected chi connectivity index (χ1v) is 8.71. The van der Waals surface area contributed by atoms with Gasteiger partial charge in [-0.15, -0.1) is 0 Å². The Morgan fingerprint density at radius 2 is 2.08 bits per heavy atom. The monoisotopic (exact) mass is 342 g/mol. The van der Waals surface area contributed by atoms with E-state index in [1.165, 1.54) is 12.8 Å². The lowest BCUT2D eigenvalue weighted by Crippen LogP contribution is -2.08. The minimum atomic E-state index is 0.399. The fraction of sp³-hybridized carbons (Fsp3) is 0.412.